The van der Waals surface area contributed by atoms with E-state index in [-0.39, 0.29) is 17.6 Å². The van der Waals surface area contributed by atoms with Crippen molar-refractivity contribution in [2.24, 2.45) is 5.92 Å². The van der Waals surface area contributed by atoms with Gasteiger partial charge in [0.25, 0.3) is 0 Å². The van der Waals surface area contributed by atoms with Crippen molar-refractivity contribution >= 4 is 28.0 Å². The third-order valence-corrected chi connectivity index (χ3v) is 7.67. The van der Waals surface area contributed by atoms with E-state index in [2.05, 4.69) is 16.3 Å². The van der Waals surface area contributed by atoms with Gasteiger partial charge in [-0.1, -0.05) is 36.8 Å². The lowest BCUT2D eigenvalue weighted by molar-refractivity contribution is -0.116. The molecule has 1 aliphatic carbocycles. The Labute approximate surface area is 188 Å². The summed E-state index contributed by atoms with van der Waals surface area (Å²) in [5.74, 6) is 0.280. The van der Waals surface area contributed by atoms with Crippen LogP contribution < -0.4 is 5.32 Å². The molecule has 162 valence electrons. The zero-order valence-electron chi connectivity index (χ0n) is 17.9. The molecule has 0 atom stereocenters. The van der Waals surface area contributed by atoms with Gasteiger partial charge in [0.15, 0.2) is 5.78 Å². The number of fused-ring (bicyclic) bond motifs is 1. The summed E-state index contributed by atoms with van der Waals surface area (Å²) in [7, 11) is 0. The highest BCUT2D eigenvalue weighted by molar-refractivity contribution is 7.16. The van der Waals surface area contributed by atoms with E-state index in [1.807, 2.05) is 30.3 Å². The number of amides is 1. The van der Waals surface area contributed by atoms with Crippen LogP contribution in [0.4, 0.5) is 5.00 Å². The number of piperidine rings is 1. The summed E-state index contributed by atoms with van der Waals surface area (Å²) in [6, 6.07) is 11.8. The maximum Gasteiger partial charge on any atom is 0.226 e. The maximum absolute atomic E-state index is 12.6. The van der Waals surface area contributed by atoms with E-state index in [4.69, 9.17) is 0 Å². The summed E-state index contributed by atoms with van der Waals surface area (Å²) >= 11 is 1.59. The molecule has 5 nitrogen and oxygen atoms in total. The number of likely N-dealkylation sites (tertiary alicyclic amines) is 1. The van der Waals surface area contributed by atoms with Crippen LogP contribution >= 0.6 is 11.3 Å². The zero-order valence-corrected chi connectivity index (χ0v) is 18.7. The van der Waals surface area contributed by atoms with E-state index in [9.17, 15) is 14.9 Å². The van der Waals surface area contributed by atoms with Gasteiger partial charge in [0.2, 0.25) is 5.91 Å². The van der Waals surface area contributed by atoms with Crippen LogP contribution in [0.15, 0.2) is 30.3 Å². The van der Waals surface area contributed by atoms with Crippen LogP contribution in [0.1, 0.15) is 64.9 Å². The third-order valence-electron chi connectivity index (χ3n) is 6.46. The summed E-state index contributed by atoms with van der Waals surface area (Å²) in [6.45, 7) is 2.37. The van der Waals surface area contributed by atoms with Crippen molar-refractivity contribution in [2.75, 3.05) is 25.0 Å². The van der Waals surface area contributed by atoms with Crippen molar-refractivity contribution in [3.05, 3.63) is 51.9 Å². The lowest BCUT2D eigenvalue weighted by Crippen LogP contribution is -2.38. The number of aryl methyl sites for hydroxylation is 1. The Morgan fingerprint density at radius 1 is 1.10 bits per heavy atom. The highest BCUT2D eigenvalue weighted by atomic mass is 32.1. The Morgan fingerprint density at radius 3 is 2.58 bits per heavy atom. The van der Waals surface area contributed by atoms with E-state index in [1.54, 1.807) is 11.3 Å². The molecule has 2 heterocycles. The number of carbonyl (C=O) groups excluding carboxylic acids is 2. The summed E-state index contributed by atoms with van der Waals surface area (Å²) < 4.78 is 0. The number of rotatable bonds is 6. The molecule has 1 amide bonds. The maximum atomic E-state index is 12.6. The number of nitrogens with zero attached hydrogens (tertiary/aromatic N) is 2. The van der Waals surface area contributed by atoms with Gasteiger partial charge in [-0.3, -0.25) is 9.59 Å². The van der Waals surface area contributed by atoms with Crippen LogP contribution in [0.3, 0.4) is 0 Å². The quantitative estimate of drug-likeness (QED) is 0.522. The molecule has 4 rings (SSSR count). The van der Waals surface area contributed by atoms with Crippen molar-refractivity contribution in [3.63, 3.8) is 0 Å². The SMILES string of the molecule is N#Cc1c(NC(=O)CCN2CCC(C(=O)c3ccccc3)CC2)sc2c1CCCCC2. The predicted molar refractivity (Wildman–Crippen MR) is 123 cm³/mol. The average molecular weight is 436 g/mol. The molecule has 1 aliphatic heterocycles. The molecule has 0 saturated carbocycles. The minimum atomic E-state index is -0.0320. The number of anilines is 1. The normalized spacial score (nSPS) is 17.4. The first-order valence-corrected chi connectivity index (χ1v) is 12.1. The number of nitrogens with one attached hydrogen (secondary N) is 1. The Balaban J connectivity index is 1.26. The number of thiophene rings is 1. The van der Waals surface area contributed by atoms with Crippen LogP contribution in [0.2, 0.25) is 0 Å². The first kappa shape index (κ1) is 21.7. The van der Waals surface area contributed by atoms with Crippen molar-refractivity contribution in [3.8, 4) is 6.07 Å². The van der Waals surface area contributed by atoms with Crippen molar-refractivity contribution < 1.29 is 9.59 Å². The van der Waals surface area contributed by atoms with Gasteiger partial charge >= 0.3 is 0 Å². The Morgan fingerprint density at radius 2 is 1.84 bits per heavy atom. The number of nitriles is 1. The highest BCUT2D eigenvalue weighted by Gasteiger charge is 2.26. The van der Waals surface area contributed by atoms with Gasteiger partial charge in [-0.05, 0) is 57.2 Å². The molecule has 0 bridgehead atoms. The molecule has 0 unspecified atom stereocenters. The fraction of sp³-hybridized carbons (Fsp3) is 0.480. The van der Waals surface area contributed by atoms with Gasteiger partial charge in [0, 0.05) is 29.3 Å². The van der Waals surface area contributed by atoms with Crippen LogP contribution in [0.25, 0.3) is 0 Å². The lowest BCUT2D eigenvalue weighted by atomic mass is 9.89. The summed E-state index contributed by atoms with van der Waals surface area (Å²) in [4.78, 5) is 28.7. The third kappa shape index (κ3) is 5.23. The highest BCUT2D eigenvalue weighted by Crippen LogP contribution is 2.37. The van der Waals surface area contributed by atoms with E-state index in [0.717, 1.165) is 67.7 Å². The molecule has 0 spiro atoms. The number of Topliss-reactive ketones (excluding diaryl/α,β-unsaturated/α-hetero) is 1. The summed E-state index contributed by atoms with van der Waals surface area (Å²) in [5.41, 5.74) is 2.63. The molecule has 2 aliphatic rings. The van der Waals surface area contributed by atoms with Crippen molar-refractivity contribution in [1.82, 2.24) is 4.90 Å². The van der Waals surface area contributed by atoms with Crippen molar-refractivity contribution in [1.29, 1.82) is 5.26 Å². The standard InChI is InChI=1S/C25H29N3O2S/c26-17-21-20-9-5-2-6-10-22(20)31-25(21)27-23(29)13-16-28-14-11-19(12-15-28)24(30)18-7-3-1-4-8-18/h1,3-4,7-8,19H,2,5-6,9-16H2,(H,27,29). The predicted octanol–water partition coefficient (Wildman–Crippen LogP) is 4.81. The van der Waals surface area contributed by atoms with Crippen molar-refractivity contribution in [2.45, 2.75) is 51.4 Å². The molecule has 6 heteroatoms. The fourth-order valence-corrected chi connectivity index (χ4v) is 5.91. The van der Waals surface area contributed by atoms with Gasteiger partial charge in [-0.15, -0.1) is 11.3 Å². The van der Waals surface area contributed by atoms with Crippen LogP contribution in [0.5, 0.6) is 0 Å². The van der Waals surface area contributed by atoms with Crippen LogP contribution in [-0.2, 0) is 17.6 Å². The topological polar surface area (TPSA) is 73.2 Å². The number of hydrogen-bond acceptors (Lipinski definition) is 5. The Bertz CT molecular complexity index is 969. The average Bonchev–Trinajstić information content (AvgIpc) is 2.96. The molecule has 31 heavy (non-hydrogen) atoms. The van der Waals surface area contributed by atoms with Crippen LogP contribution in [-0.4, -0.2) is 36.2 Å². The van der Waals surface area contributed by atoms with E-state index in [1.165, 1.54) is 11.3 Å². The second-order valence-corrected chi connectivity index (χ2v) is 9.63. The smallest absolute Gasteiger partial charge is 0.226 e. The largest absolute Gasteiger partial charge is 0.317 e. The molecule has 1 N–H and O–H groups in total. The summed E-state index contributed by atoms with van der Waals surface area (Å²) in [6.07, 6.45) is 7.54. The van der Waals surface area contributed by atoms with E-state index < -0.39 is 0 Å². The van der Waals surface area contributed by atoms with Gasteiger partial charge < -0.3 is 10.2 Å². The van der Waals surface area contributed by atoms with Gasteiger partial charge in [0.05, 0.1) is 5.56 Å². The van der Waals surface area contributed by atoms with Gasteiger partial charge in [0.1, 0.15) is 11.1 Å². The second kappa shape index (κ2) is 10.2. The zero-order chi connectivity index (χ0) is 21.6. The molecule has 1 saturated heterocycles. The van der Waals surface area contributed by atoms with Gasteiger partial charge in [-0.25, -0.2) is 0 Å². The fourth-order valence-electron chi connectivity index (χ4n) is 4.65. The Kier molecular flexibility index (Phi) is 7.16. The minimum Gasteiger partial charge on any atom is -0.317 e. The first-order chi connectivity index (χ1) is 15.2. The first-order valence-electron chi connectivity index (χ1n) is 11.3. The molecular weight excluding hydrogens is 406 g/mol. The second-order valence-electron chi connectivity index (χ2n) is 8.52. The number of hydrogen-bond donors (Lipinski definition) is 1. The van der Waals surface area contributed by atoms with Crippen LogP contribution in [0, 0.1) is 17.2 Å². The molecule has 2 aromatic rings. The molecule has 0 radical (unpaired) electrons. The molecule has 1 fully saturated rings. The lowest BCUT2D eigenvalue weighted by Gasteiger charge is -2.31. The number of ketones is 1. The number of benzene rings is 1. The Hall–Kier alpha value is -2.49. The van der Waals surface area contributed by atoms with Gasteiger partial charge in [-0.2, -0.15) is 5.26 Å². The number of carbonyl (C=O) groups is 2. The molecule has 1 aromatic carbocycles. The minimum absolute atomic E-state index is 0.0320. The molecule has 1 aromatic heterocycles. The summed E-state index contributed by atoms with van der Waals surface area (Å²) in [5, 5.41) is 13.4. The molecular formula is C25H29N3O2S. The van der Waals surface area contributed by atoms with E-state index in [0.29, 0.717) is 18.5 Å². The van der Waals surface area contributed by atoms with E-state index >= 15 is 0 Å². The monoisotopic (exact) mass is 435 g/mol.